The van der Waals surface area contributed by atoms with Crippen LogP contribution in [0.1, 0.15) is 13.8 Å². The lowest BCUT2D eigenvalue weighted by atomic mass is 9.99. The Morgan fingerprint density at radius 3 is 2.44 bits per heavy atom. The second kappa shape index (κ2) is 10.1. The summed E-state index contributed by atoms with van der Waals surface area (Å²) in [5.74, 6) is 1.17. The van der Waals surface area contributed by atoms with Gasteiger partial charge in [0.05, 0.1) is 24.8 Å². The van der Waals surface area contributed by atoms with Gasteiger partial charge in [0.15, 0.2) is 0 Å². The Hall–Kier alpha value is 1.19. The minimum Gasteiger partial charge on any atom is -0.382 e. The van der Waals surface area contributed by atoms with E-state index in [0.29, 0.717) is 12.5 Å². The van der Waals surface area contributed by atoms with Crippen LogP contribution >= 0.6 is 40.0 Å². The highest BCUT2D eigenvalue weighted by Crippen LogP contribution is 2.29. The third kappa shape index (κ3) is 5.23. The summed E-state index contributed by atoms with van der Waals surface area (Å²) >= 11 is 7.19. The van der Waals surface area contributed by atoms with E-state index in [0.717, 1.165) is 5.94 Å². The first-order valence-electron chi connectivity index (χ1n) is 5.10. The second-order valence-corrected chi connectivity index (χ2v) is 4.54. The predicted octanol–water partition coefficient (Wildman–Crippen LogP) is 3.45. The zero-order chi connectivity index (χ0) is 12.6. The van der Waals surface area contributed by atoms with Crippen molar-refractivity contribution >= 4 is 40.0 Å². The molecule has 3 nitrogen and oxygen atoms in total. The average Bonchev–Trinajstić information content (AvgIpc) is 2.56. The molecule has 1 aliphatic rings. The average molecular weight is 380 g/mol. The Morgan fingerprint density at radius 2 is 1.94 bits per heavy atom. The summed E-state index contributed by atoms with van der Waals surface area (Å²) in [6.07, 6.45) is 2.58. The van der Waals surface area contributed by atoms with E-state index in [1.807, 2.05) is 6.26 Å². The van der Waals surface area contributed by atoms with Gasteiger partial charge in [0.2, 0.25) is 0 Å². The maximum atomic E-state index is 5.76. The Bertz CT molecular complexity index is 174. The van der Waals surface area contributed by atoms with Crippen molar-refractivity contribution in [3.8, 4) is 0 Å². The molecule has 1 saturated heterocycles. The Balaban J connectivity index is 0.00000106. The third-order valence-corrected chi connectivity index (χ3v) is 3.10. The Kier molecular flexibility index (Phi) is 10.9. The summed E-state index contributed by atoms with van der Waals surface area (Å²) in [7, 11) is 1.70. The quantitative estimate of drug-likeness (QED) is 0.683. The molecule has 1 aliphatic heterocycles. The number of thioether (sulfide) groups is 1. The van der Waals surface area contributed by atoms with Crippen LogP contribution in [0.3, 0.4) is 0 Å². The molecule has 1 fully saturated rings. The van der Waals surface area contributed by atoms with Gasteiger partial charge in [-0.15, -0.1) is 11.8 Å². The summed E-state index contributed by atoms with van der Waals surface area (Å²) in [5.41, 5.74) is 0. The van der Waals surface area contributed by atoms with E-state index in [1.165, 1.54) is 0 Å². The normalized spacial score (nSPS) is 33.4. The molecule has 0 amide bonds. The molecule has 6 heteroatoms. The van der Waals surface area contributed by atoms with E-state index in [2.05, 4.69) is 42.1 Å². The lowest BCUT2D eigenvalue weighted by Gasteiger charge is -2.20. The number of hydrogen-bond acceptors (Lipinski definition) is 4. The van der Waals surface area contributed by atoms with Crippen molar-refractivity contribution in [2.24, 2.45) is 5.92 Å². The second-order valence-electron chi connectivity index (χ2n) is 3.73. The number of hydrogen-bond donors (Lipinski definition) is 0. The fourth-order valence-electron chi connectivity index (χ4n) is 1.79. The highest BCUT2D eigenvalue weighted by Gasteiger charge is 2.40. The molecule has 4 atom stereocenters. The summed E-state index contributed by atoms with van der Waals surface area (Å²) in [6, 6.07) is 0. The highest BCUT2D eigenvalue weighted by atomic mass is 80.9. The van der Waals surface area contributed by atoms with Crippen LogP contribution in [0.5, 0.6) is 0 Å². The monoisotopic (exact) mass is 378 g/mol. The van der Waals surface area contributed by atoms with Crippen molar-refractivity contribution < 1.29 is 14.2 Å². The molecular formula is C10H20Br2O3S. The molecule has 0 aromatic heterocycles. The van der Waals surface area contributed by atoms with E-state index < -0.39 is 0 Å². The molecule has 2 unspecified atom stereocenters. The van der Waals surface area contributed by atoms with E-state index in [9.17, 15) is 0 Å². The van der Waals surface area contributed by atoms with Gasteiger partial charge in [0, 0.05) is 41.3 Å². The standard InChI is InChI=1S/C10H20O3S.Br2/c1-7-8(2)13-9(5-11-3)10(7)12-6-14-4;1-2/h7-10H,5-6H2,1-4H3;/t7?,8-,9+,10?;/m0./s1. The van der Waals surface area contributed by atoms with Gasteiger partial charge >= 0.3 is 0 Å². The predicted molar refractivity (Wildman–Crippen MR) is 76.5 cm³/mol. The molecule has 0 aromatic rings. The molecule has 0 N–H and O–H groups in total. The maximum absolute atomic E-state index is 5.76. The van der Waals surface area contributed by atoms with Gasteiger partial charge in [0.25, 0.3) is 0 Å². The minimum absolute atomic E-state index is 0.0946. The van der Waals surface area contributed by atoms with Gasteiger partial charge in [-0.3, -0.25) is 0 Å². The van der Waals surface area contributed by atoms with Crippen LogP contribution in [0, 0.1) is 5.92 Å². The van der Waals surface area contributed by atoms with Crippen LogP contribution < -0.4 is 0 Å². The smallest absolute Gasteiger partial charge is 0.108 e. The van der Waals surface area contributed by atoms with Crippen molar-refractivity contribution in [2.45, 2.75) is 32.2 Å². The Labute approximate surface area is 118 Å². The van der Waals surface area contributed by atoms with E-state index in [-0.39, 0.29) is 18.3 Å². The molecule has 0 saturated carbocycles. The molecule has 16 heavy (non-hydrogen) atoms. The van der Waals surface area contributed by atoms with Gasteiger partial charge in [-0.1, -0.05) is 6.92 Å². The fourth-order valence-corrected chi connectivity index (χ4v) is 2.08. The van der Waals surface area contributed by atoms with Crippen LogP contribution in [0.4, 0.5) is 0 Å². The highest BCUT2D eigenvalue weighted by molar-refractivity contribution is 9.93. The number of ether oxygens (including phenoxy) is 3. The number of rotatable bonds is 5. The van der Waals surface area contributed by atoms with Gasteiger partial charge in [-0.05, 0) is 13.2 Å². The summed E-state index contributed by atoms with van der Waals surface area (Å²) < 4.78 is 16.6. The first-order chi connectivity index (χ1) is 7.70. The zero-order valence-corrected chi connectivity index (χ0v) is 14.1. The molecule has 0 aromatic carbocycles. The van der Waals surface area contributed by atoms with Crippen LogP contribution in [0.25, 0.3) is 0 Å². The van der Waals surface area contributed by atoms with E-state index >= 15 is 0 Å². The van der Waals surface area contributed by atoms with Crippen molar-refractivity contribution in [1.29, 1.82) is 0 Å². The van der Waals surface area contributed by atoms with Gasteiger partial charge < -0.3 is 14.2 Å². The van der Waals surface area contributed by atoms with Gasteiger partial charge in [-0.2, -0.15) is 0 Å². The zero-order valence-electron chi connectivity index (χ0n) is 10.1. The van der Waals surface area contributed by atoms with Gasteiger partial charge in [0.1, 0.15) is 6.10 Å². The van der Waals surface area contributed by atoms with Gasteiger partial charge in [-0.25, -0.2) is 0 Å². The summed E-state index contributed by atoms with van der Waals surface area (Å²) in [4.78, 5) is 0. The topological polar surface area (TPSA) is 27.7 Å². The lowest BCUT2D eigenvalue weighted by Crippen LogP contribution is -2.32. The molecule has 98 valence electrons. The summed E-state index contributed by atoms with van der Waals surface area (Å²) in [6.45, 7) is 4.88. The van der Waals surface area contributed by atoms with Crippen LogP contribution in [0.15, 0.2) is 0 Å². The molecule has 1 rings (SSSR count). The molecular weight excluding hydrogens is 360 g/mol. The van der Waals surface area contributed by atoms with Crippen molar-refractivity contribution in [2.75, 3.05) is 25.9 Å². The number of halogens is 2. The molecule has 0 spiro atoms. The third-order valence-electron chi connectivity index (χ3n) is 2.72. The Morgan fingerprint density at radius 1 is 1.31 bits per heavy atom. The summed E-state index contributed by atoms with van der Waals surface area (Å²) in [5, 5.41) is 0. The minimum atomic E-state index is 0.0946. The molecule has 0 radical (unpaired) electrons. The molecule has 0 bridgehead atoms. The first kappa shape index (κ1) is 17.2. The SMILES string of the molecule is BrBr.COC[C@H]1O[C@@H](C)C(C)C1OCSC. The molecule has 1 heterocycles. The maximum Gasteiger partial charge on any atom is 0.108 e. The van der Waals surface area contributed by atoms with Crippen LogP contribution in [0.2, 0.25) is 0 Å². The van der Waals surface area contributed by atoms with Crippen molar-refractivity contribution in [1.82, 2.24) is 0 Å². The lowest BCUT2D eigenvalue weighted by molar-refractivity contribution is -0.0441. The fraction of sp³-hybridized carbons (Fsp3) is 1.00. The van der Waals surface area contributed by atoms with E-state index in [1.54, 1.807) is 18.9 Å². The van der Waals surface area contributed by atoms with Crippen LogP contribution in [-0.4, -0.2) is 44.2 Å². The molecule has 0 aliphatic carbocycles. The van der Waals surface area contributed by atoms with Crippen molar-refractivity contribution in [3.05, 3.63) is 0 Å². The van der Waals surface area contributed by atoms with E-state index in [4.69, 9.17) is 14.2 Å². The first-order valence-corrected chi connectivity index (χ1v) is 10.2. The van der Waals surface area contributed by atoms with Crippen LogP contribution in [-0.2, 0) is 14.2 Å². The van der Waals surface area contributed by atoms with Crippen molar-refractivity contribution in [3.63, 3.8) is 0 Å². The number of methoxy groups -OCH3 is 1. The largest absolute Gasteiger partial charge is 0.382 e.